The number of nitrogens with zero attached hydrogens (tertiary/aromatic N) is 2. The SMILES string of the molecule is CCNC(=O)CNc1nsnc1Cl. The number of rotatable bonds is 4. The summed E-state index contributed by atoms with van der Waals surface area (Å²) in [6, 6.07) is 0. The van der Waals surface area contributed by atoms with Crippen molar-refractivity contribution in [1.82, 2.24) is 14.1 Å². The van der Waals surface area contributed by atoms with Gasteiger partial charge in [0.2, 0.25) is 5.91 Å². The van der Waals surface area contributed by atoms with E-state index in [1.165, 1.54) is 0 Å². The molecule has 1 aromatic heterocycles. The van der Waals surface area contributed by atoms with Gasteiger partial charge in [0, 0.05) is 6.54 Å². The highest BCUT2D eigenvalue weighted by atomic mass is 35.5. The number of nitrogens with one attached hydrogen (secondary N) is 2. The number of hydrogen-bond acceptors (Lipinski definition) is 5. The second-order valence-electron chi connectivity index (χ2n) is 2.21. The molecule has 1 amide bonds. The molecule has 0 unspecified atom stereocenters. The number of aromatic nitrogens is 2. The van der Waals surface area contributed by atoms with Crippen LogP contribution >= 0.6 is 23.3 Å². The summed E-state index contributed by atoms with van der Waals surface area (Å²) in [5, 5.41) is 5.71. The first-order chi connectivity index (χ1) is 6.24. The second-order valence-corrected chi connectivity index (χ2v) is 3.10. The van der Waals surface area contributed by atoms with E-state index in [0.29, 0.717) is 17.5 Å². The normalized spacial score (nSPS) is 9.69. The average molecular weight is 221 g/mol. The predicted molar refractivity (Wildman–Crippen MR) is 52.1 cm³/mol. The van der Waals surface area contributed by atoms with Gasteiger partial charge < -0.3 is 10.6 Å². The van der Waals surface area contributed by atoms with Crippen LogP contribution in [0.15, 0.2) is 0 Å². The van der Waals surface area contributed by atoms with Crippen LogP contribution in [0.25, 0.3) is 0 Å². The first-order valence-electron chi connectivity index (χ1n) is 3.72. The van der Waals surface area contributed by atoms with Crippen molar-refractivity contribution in [3.8, 4) is 0 Å². The van der Waals surface area contributed by atoms with E-state index in [1.54, 1.807) is 0 Å². The van der Waals surface area contributed by atoms with Crippen molar-refractivity contribution in [1.29, 1.82) is 0 Å². The molecule has 1 aromatic rings. The van der Waals surface area contributed by atoms with Crippen LogP contribution in [0.2, 0.25) is 5.15 Å². The Morgan fingerprint density at radius 3 is 2.92 bits per heavy atom. The minimum Gasteiger partial charge on any atom is -0.358 e. The van der Waals surface area contributed by atoms with Crippen LogP contribution in [-0.4, -0.2) is 27.7 Å². The monoisotopic (exact) mass is 220 g/mol. The molecule has 7 heteroatoms. The van der Waals surface area contributed by atoms with Crippen LogP contribution < -0.4 is 10.6 Å². The lowest BCUT2D eigenvalue weighted by atomic mass is 10.5. The standard InChI is InChI=1S/C6H9ClN4OS/c1-2-8-4(12)3-9-6-5(7)10-13-11-6/h2-3H2,1H3,(H,8,12)(H,9,11). The minimum absolute atomic E-state index is 0.0911. The van der Waals surface area contributed by atoms with Gasteiger partial charge >= 0.3 is 0 Å². The van der Waals surface area contributed by atoms with E-state index in [4.69, 9.17) is 11.6 Å². The Morgan fingerprint density at radius 2 is 2.38 bits per heavy atom. The largest absolute Gasteiger partial charge is 0.358 e. The molecule has 1 heterocycles. The first-order valence-corrected chi connectivity index (χ1v) is 4.83. The maximum absolute atomic E-state index is 11.0. The summed E-state index contributed by atoms with van der Waals surface area (Å²) in [7, 11) is 0. The highest BCUT2D eigenvalue weighted by molar-refractivity contribution is 6.99. The zero-order valence-electron chi connectivity index (χ0n) is 7.00. The summed E-state index contributed by atoms with van der Waals surface area (Å²) in [5.74, 6) is 0.365. The Labute approximate surface area is 84.8 Å². The molecule has 0 saturated carbocycles. The summed E-state index contributed by atoms with van der Waals surface area (Å²) in [5.41, 5.74) is 0. The molecule has 0 aromatic carbocycles. The number of carbonyl (C=O) groups excluding carboxylic acids is 1. The zero-order chi connectivity index (χ0) is 9.68. The summed E-state index contributed by atoms with van der Waals surface area (Å²) in [6.07, 6.45) is 0. The third-order valence-corrected chi connectivity index (χ3v) is 2.13. The van der Waals surface area contributed by atoms with Gasteiger partial charge in [0.1, 0.15) is 0 Å². The van der Waals surface area contributed by atoms with E-state index in [9.17, 15) is 4.79 Å². The van der Waals surface area contributed by atoms with Gasteiger partial charge in [0.15, 0.2) is 11.0 Å². The van der Waals surface area contributed by atoms with Gasteiger partial charge in [-0.05, 0) is 6.92 Å². The fourth-order valence-corrected chi connectivity index (χ4v) is 1.39. The van der Waals surface area contributed by atoms with Crippen molar-refractivity contribution in [3.05, 3.63) is 5.15 Å². The Morgan fingerprint density at radius 1 is 1.62 bits per heavy atom. The van der Waals surface area contributed by atoms with E-state index in [2.05, 4.69) is 19.4 Å². The van der Waals surface area contributed by atoms with E-state index in [1.807, 2.05) is 6.92 Å². The zero-order valence-corrected chi connectivity index (χ0v) is 8.58. The summed E-state index contributed by atoms with van der Waals surface area (Å²) >= 11 is 6.65. The first kappa shape index (κ1) is 10.2. The molecule has 0 bridgehead atoms. The van der Waals surface area contributed by atoms with E-state index in [-0.39, 0.29) is 12.5 Å². The summed E-state index contributed by atoms with van der Waals surface area (Å²) in [6.45, 7) is 2.64. The fourth-order valence-electron chi connectivity index (χ4n) is 0.707. The molecule has 0 atom stereocenters. The molecule has 72 valence electrons. The van der Waals surface area contributed by atoms with E-state index < -0.39 is 0 Å². The molecule has 0 spiro atoms. The number of amides is 1. The minimum atomic E-state index is -0.0911. The van der Waals surface area contributed by atoms with Crippen LogP contribution in [0.4, 0.5) is 5.82 Å². The summed E-state index contributed by atoms with van der Waals surface area (Å²) in [4.78, 5) is 11.0. The predicted octanol–water partition coefficient (Wildman–Crippen LogP) is 0.739. The third-order valence-electron chi connectivity index (χ3n) is 1.24. The van der Waals surface area contributed by atoms with E-state index in [0.717, 1.165) is 11.7 Å². The quantitative estimate of drug-likeness (QED) is 0.786. The Hall–Kier alpha value is -0.880. The molecule has 0 aliphatic heterocycles. The van der Waals surface area contributed by atoms with Crippen molar-refractivity contribution >= 4 is 35.1 Å². The van der Waals surface area contributed by atoms with Crippen LogP contribution in [0.1, 0.15) is 6.92 Å². The van der Waals surface area contributed by atoms with Gasteiger partial charge in [0.05, 0.1) is 18.3 Å². The number of halogens is 1. The molecule has 1 rings (SSSR count). The highest BCUT2D eigenvalue weighted by Crippen LogP contribution is 2.16. The smallest absolute Gasteiger partial charge is 0.239 e. The Kier molecular flexibility index (Phi) is 3.91. The molecular weight excluding hydrogens is 212 g/mol. The van der Waals surface area contributed by atoms with Crippen LogP contribution in [0.3, 0.4) is 0 Å². The topological polar surface area (TPSA) is 66.9 Å². The van der Waals surface area contributed by atoms with E-state index >= 15 is 0 Å². The molecule has 0 radical (unpaired) electrons. The van der Waals surface area contributed by atoms with Gasteiger partial charge in [-0.25, -0.2) is 0 Å². The number of hydrogen-bond donors (Lipinski definition) is 2. The Balaban J connectivity index is 2.35. The number of likely N-dealkylation sites (N-methyl/N-ethyl adjacent to an activating group) is 1. The van der Waals surface area contributed by atoms with Gasteiger partial charge in [0.25, 0.3) is 0 Å². The molecule has 5 nitrogen and oxygen atoms in total. The molecule has 0 saturated heterocycles. The van der Waals surface area contributed by atoms with Crippen molar-refractivity contribution in [2.24, 2.45) is 0 Å². The van der Waals surface area contributed by atoms with Gasteiger partial charge in [-0.1, -0.05) is 11.6 Å². The lowest BCUT2D eigenvalue weighted by molar-refractivity contribution is -0.119. The van der Waals surface area contributed by atoms with Crippen LogP contribution in [0, 0.1) is 0 Å². The number of carbonyl (C=O) groups is 1. The van der Waals surface area contributed by atoms with Crippen molar-refractivity contribution in [3.63, 3.8) is 0 Å². The number of anilines is 1. The molecule has 0 aliphatic rings. The van der Waals surface area contributed by atoms with Gasteiger partial charge in [-0.3, -0.25) is 4.79 Å². The van der Waals surface area contributed by atoms with Crippen molar-refractivity contribution in [2.75, 3.05) is 18.4 Å². The fraction of sp³-hybridized carbons (Fsp3) is 0.500. The van der Waals surface area contributed by atoms with Gasteiger partial charge in [-0.2, -0.15) is 8.75 Å². The lowest BCUT2D eigenvalue weighted by Crippen LogP contribution is -2.29. The van der Waals surface area contributed by atoms with Crippen molar-refractivity contribution < 1.29 is 4.79 Å². The maximum Gasteiger partial charge on any atom is 0.239 e. The second kappa shape index (κ2) is 4.98. The molecule has 0 aliphatic carbocycles. The highest BCUT2D eigenvalue weighted by Gasteiger charge is 2.05. The maximum atomic E-state index is 11.0. The Bertz CT molecular complexity index is 290. The molecule has 0 fully saturated rings. The lowest BCUT2D eigenvalue weighted by Gasteiger charge is -2.02. The third kappa shape index (κ3) is 3.16. The van der Waals surface area contributed by atoms with Gasteiger partial charge in [-0.15, -0.1) is 0 Å². The molecule has 2 N–H and O–H groups in total. The molecule has 13 heavy (non-hydrogen) atoms. The van der Waals surface area contributed by atoms with Crippen LogP contribution in [0.5, 0.6) is 0 Å². The molecular formula is C6H9ClN4OS. The summed E-state index contributed by atoms with van der Waals surface area (Å²) < 4.78 is 7.60. The van der Waals surface area contributed by atoms with Crippen molar-refractivity contribution in [2.45, 2.75) is 6.92 Å². The van der Waals surface area contributed by atoms with Crippen LogP contribution in [-0.2, 0) is 4.79 Å². The average Bonchev–Trinajstić information content (AvgIpc) is 2.48.